The van der Waals surface area contributed by atoms with Crippen molar-refractivity contribution in [1.29, 1.82) is 0 Å². The van der Waals surface area contributed by atoms with Crippen molar-refractivity contribution in [3.8, 4) is 34.3 Å². The number of alkyl halides is 1. The summed E-state index contributed by atoms with van der Waals surface area (Å²) in [5.41, 5.74) is 3.51. The third-order valence-electron chi connectivity index (χ3n) is 5.12. The number of rotatable bonds is 4. The highest BCUT2D eigenvalue weighted by molar-refractivity contribution is 5.91. The second-order valence-electron chi connectivity index (χ2n) is 6.60. The van der Waals surface area contributed by atoms with Gasteiger partial charge in [0, 0.05) is 12.5 Å². The summed E-state index contributed by atoms with van der Waals surface area (Å²) in [5, 5.41) is 1.93. The number of aryl methyl sites for hydroxylation is 2. The highest BCUT2D eigenvalue weighted by Gasteiger charge is 2.28. The summed E-state index contributed by atoms with van der Waals surface area (Å²) in [6, 6.07) is 10.1. The average Bonchev–Trinajstić information content (AvgIpc) is 3.16. The van der Waals surface area contributed by atoms with E-state index >= 15 is 0 Å². The molecule has 3 aromatic rings. The van der Waals surface area contributed by atoms with Gasteiger partial charge >= 0.3 is 0 Å². The van der Waals surface area contributed by atoms with Crippen LogP contribution in [-0.2, 0) is 13.0 Å². The van der Waals surface area contributed by atoms with Gasteiger partial charge in [-0.2, -0.15) is 4.57 Å². The second kappa shape index (κ2) is 6.30. The third kappa shape index (κ3) is 2.55. The Kier molecular flexibility index (Phi) is 3.77. The molecule has 138 valence electrons. The van der Waals surface area contributed by atoms with Crippen molar-refractivity contribution in [3.63, 3.8) is 0 Å². The summed E-state index contributed by atoms with van der Waals surface area (Å²) in [5.74, 6) is 2.79. The van der Waals surface area contributed by atoms with Crippen LogP contribution in [0, 0.1) is 0 Å². The molecule has 0 amide bonds. The maximum absolute atomic E-state index is 12.7. The number of benzene rings is 2. The number of methoxy groups -OCH3 is 1. The van der Waals surface area contributed by atoms with Crippen LogP contribution in [0.2, 0.25) is 0 Å². The minimum Gasteiger partial charge on any atom is -0.493 e. The van der Waals surface area contributed by atoms with Crippen molar-refractivity contribution in [2.24, 2.45) is 0 Å². The van der Waals surface area contributed by atoms with Gasteiger partial charge in [0.15, 0.2) is 35.7 Å². The SMILES string of the molecule is COc1ccc2cc3[n+](cc2c1OCCF)CCc1cc2c(cc1-3)OCO2. The maximum Gasteiger partial charge on any atom is 0.231 e. The van der Waals surface area contributed by atoms with Crippen molar-refractivity contribution in [3.05, 3.63) is 42.1 Å². The van der Waals surface area contributed by atoms with Gasteiger partial charge in [-0.15, -0.1) is 0 Å². The Morgan fingerprint density at radius 1 is 1.15 bits per heavy atom. The lowest BCUT2D eigenvalue weighted by molar-refractivity contribution is -0.686. The van der Waals surface area contributed by atoms with Crippen LogP contribution in [0.1, 0.15) is 5.56 Å². The van der Waals surface area contributed by atoms with Crippen LogP contribution in [0.5, 0.6) is 23.0 Å². The first kappa shape index (κ1) is 16.2. The van der Waals surface area contributed by atoms with Crippen LogP contribution in [0.25, 0.3) is 22.0 Å². The van der Waals surface area contributed by atoms with Crippen LogP contribution in [0.4, 0.5) is 4.39 Å². The van der Waals surface area contributed by atoms with Crippen molar-refractivity contribution < 1.29 is 27.9 Å². The highest BCUT2D eigenvalue weighted by atomic mass is 19.1. The molecular weight excluding hydrogens is 349 g/mol. The van der Waals surface area contributed by atoms with Gasteiger partial charge in [-0.25, -0.2) is 4.39 Å². The standard InChI is InChI=1S/C21H19FNO4/c1-24-18-3-2-13-8-17-15-10-20-19(26-12-27-20)9-14(15)4-6-23(17)11-16(13)21(18)25-7-5-22/h2-3,8-11H,4-7,12H2,1H3/q+1. The lowest BCUT2D eigenvalue weighted by Crippen LogP contribution is -2.40. The molecule has 2 aromatic carbocycles. The highest BCUT2D eigenvalue weighted by Crippen LogP contribution is 2.41. The van der Waals surface area contributed by atoms with E-state index in [1.165, 1.54) is 5.56 Å². The molecule has 5 nitrogen and oxygen atoms in total. The molecule has 2 aliphatic heterocycles. The first-order valence-electron chi connectivity index (χ1n) is 8.94. The summed E-state index contributed by atoms with van der Waals surface area (Å²) in [6.07, 6.45) is 2.97. The van der Waals surface area contributed by atoms with Crippen LogP contribution < -0.4 is 23.5 Å². The minimum atomic E-state index is -0.543. The number of hydrogen-bond donors (Lipinski definition) is 0. The quantitative estimate of drug-likeness (QED) is 0.662. The largest absolute Gasteiger partial charge is 0.493 e. The molecule has 0 N–H and O–H groups in total. The Bertz CT molecular complexity index is 1050. The Morgan fingerprint density at radius 3 is 2.81 bits per heavy atom. The molecule has 0 saturated carbocycles. The number of fused-ring (bicyclic) bond motifs is 5. The molecule has 0 saturated heterocycles. The van der Waals surface area contributed by atoms with Gasteiger partial charge in [0.2, 0.25) is 12.5 Å². The molecule has 0 aliphatic carbocycles. The van der Waals surface area contributed by atoms with E-state index in [0.29, 0.717) is 11.5 Å². The molecule has 0 fully saturated rings. The zero-order chi connectivity index (χ0) is 18.4. The van der Waals surface area contributed by atoms with Gasteiger partial charge in [0.25, 0.3) is 0 Å². The summed E-state index contributed by atoms with van der Waals surface area (Å²) < 4.78 is 37.0. The van der Waals surface area contributed by atoms with Gasteiger partial charge in [0.05, 0.1) is 18.1 Å². The van der Waals surface area contributed by atoms with Crippen LogP contribution in [-0.4, -0.2) is 27.2 Å². The zero-order valence-corrected chi connectivity index (χ0v) is 15.0. The number of hydrogen-bond acceptors (Lipinski definition) is 4. The molecule has 0 atom stereocenters. The van der Waals surface area contributed by atoms with E-state index in [1.54, 1.807) is 7.11 Å². The van der Waals surface area contributed by atoms with Crippen molar-refractivity contribution in [2.45, 2.75) is 13.0 Å². The number of aromatic nitrogens is 1. The van der Waals surface area contributed by atoms with Crippen molar-refractivity contribution in [2.75, 3.05) is 27.2 Å². The monoisotopic (exact) mass is 368 g/mol. The lowest BCUT2D eigenvalue weighted by atomic mass is 9.95. The van der Waals surface area contributed by atoms with Crippen LogP contribution >= 0.6 is 0 Å². The molecule has 5 rings (SSSR count). The fourth-order valence-corrected chi connectivity index (χ4v) is 3.85. The van der Waals surface area contributed by atoms with E-state index < -0.39 is 6.67 Å². The van der Waals surface area contributed by atoms with E-state index in [0.717, 1.165) is 46.5 Å². The molecule has 0 radical (unpaired) electrons. The topological polar surface area (TPSA) is 40.8 Å². The number of ether oxygens (including phenoxy) is 4. The molecule has 27 heavy (non-hydrogen) atoms. The smallest absolute Gasteiger partial charge is 0.231 e. The Labute approximate surface area is 155 Å². The lowest BCUT2D eigenvalue weighted by Gasteiger charge is -2.17. The van der Waals surface area contributed by atoms with Gasteiger partial charge in [0.1, 0.15) is 13.3 Å². The first-order chi connectivity index (χ1) is 13.3. The molecule has 6 heteroatoms. The molecule has 2 aliphatic rings. The average molecular weight is 368 g/mol. The minimum absolute atomic E-state index is 0.00351. The predicted octanol–water partition coefficient (Wildman–Crippen LogP) is 3.44. The maximum atomic E-state index is 12.7. The molecule has 0 spiro atoms. The first-order valence-corrected chi connectivity index (χ1v) is 8.94. The van der Waals surface area contributed by atoms with Crippen LogP contribution in [0.15, 0.2) is 36.5 Å². The summed E-state index contributed by atoms with van der Waals surface area (Å²) in [7, 11) is 1.59. The summed E-state index contributed by atoms with van der Waals surface area (Å²) >= 11 is 0. The fourth-order valence-electron chi connectivity index (χ4n) is 3.85. The van der Waals surface area contributed by atoms with Crippen molar-refractivity contribution in [1.82, 2.24) is 0 Å². The predicted molar refractivity (Wildman–Crippen MR) is 97.4 cm³/mol. The van der Waals surface area contributed by atoms with E-state index in [-0.39, 0.29) is 13.4 Å². The van der Waals surface area contributed by atoms with Gasteiger partial charge in [-0.05, 0) is 35.2 Å². The van der Waals surface area contributed by atoms with E-state index in [9.17, 15) is 4.39 Å². The summed E-state index contributed by atoms with van der Waals surface area (Å²) in [6.45, 7) is 0.574. The molecule has 0 unspecified atom stereocenters. The fraction of sp³-hybridized carbons (Fsp3) is 0.286. The second-order valence-corrected chi connectivity index (χ2v) is 6.60. The van der Waals surface area contributed by atoms with Gasteiger partial charge < -0.3 is 18.9 Å². The number of halogens is 1. The van der Waals surface area contributed by atoms with E-state index in [1.807, 2.05) is 12.1 Å². The van der Waals surface area contributed by atoms with E-state index in [4.69, 9.17) is 18.9 Å². The van der Waals surface area contributed by atoms with Crippen LogP contribution in [0.3, 0.4) is 0 Å². The Hall–Kier alpha value is -3.02. The summed E-state index contributed by atoms with van der Waals surface area (Å²) in [4.78, 5) is 0. The van der Waals surface area contributed by atoms with Crippen molar-refractivity contribution >= 4 is 10.8 Å². The van der Waals surface area contributed by atoms with E-state index in [2.05, 4.69) is 29.0 Å². The number of pyridine rings is 1. The zero-order valence-electron chi connectivity index (χ0n) is 15.0. The number of nitrogens with zero attached hydrogens (tertiary/aromatic N) is 1. The normalized spacial score (nSPS) is 14.0. The Morgan fingerprint density at radius 2 is 2.00 bits per heavy atom. The molecular formula is C21H19FNO4+. The van der Waals surface area contributed by atoms with Gasteiger partial charge in [-0.1, -0.05) is 0 Å². The third-order valence-corrected chi connectivity index (χ3v) is 5.12. The molecule has 1 aromatic heterocycles. The Balaban J connectivity index is 1.69. The molecule has 0 bridgehead atoms. The van der Waals surface area contributed by atoms with Gasteiger partial charge in [-0.3, -0.25) is 0 Å². The molecule has 3 heterocycles.